The van der Waals surface area contributed by atoms with Crippen LogP contribution in [0.5, 0.6) is 0 Å². The smallest absolute Gasteiger partial charge is 0.340 e. The Labute approximate surface area is 117 Å². The van der Waals surface area contributed by atoms with Crippen molar-refractivity contribution < 1.29 is 14.3 Å². The van der Waals surface area contributed by atoms with Gasteiger partial charge in [-0.05, 0) is 31.5 Å². The summed E-state index contributed by atoms with van der Waals surface area (Å²) in [6.45, 7) is 4.52. The molecule has 0 atom stereocenters. The van der Waals surface area contributed by atoms with Crippen LogP contribution < -0.4 is 11.1 Å². The lowest BCUT2D eigenvalue weighted by Gasteiger charge is -2.20. The fourth-order valence-corrected chi connectivity index (χ4v) is 2.34. The van der Waals surface area contributed by atoms with Crippen molar-refractivity contribution in [3.63, 3.8) is 0 Å². The summed E-state index contributed by atoms with van der Waals surface area (Å²) in [4.78, 5) is 13.5. The molecule has 0 saturated heterocycles. The van der Waals surface area contributed by atoms with Gasteiger partial charge in [0.25, 0.3) is 0 Å². The zero-order chi connectivity index (χ0) is 14.7. The monoisotopic (exact) mass is 281 g/mol. The van der Waals surface area contributed by atoms with E-state index in [9.17, 15) is 9.18 Å². The highest BCUT2D eigenvalue weighted by Crippen LogP contribution is 2.27. The van der Waals surface area contributed by atoms with E-state index >= 15 is 0 Å². The van der Waals surface area contributed by atoms with Crippen molar-refractivity contribution in [2.45, 2.75) is 25.8 Å². The van der Waals surface area contributed by atoms with Crippen molar-refractivity contribution in [1.82, 2.24) is 4.90 Å². The van der Waals surface area contributed by atoms with Gasteiger partial charge >= 0.3 is 5.97 Å². The predicted octanol–water partition coefficient (Wildman–Crippen LogP) is 2.00. The molecule has 1 aromatic carbocycles. The fourth-order valence-electron chi connectivity index (χ4n) is 2.34. The number of hydrogen-bond acceptors (Lipinski definition) is 4. The van der Waals surface area contributed by atoms with Crippen LogP contribution >= 0.6 is 0 Å². The molecule has 0 heterocycles. The van der Waals surface area contributed by atoms with Crippen molar-refractivity contribution >= 4 is 17.3 Å². The molecule has 1 fully saturated rings. The van der Waals surface area contributed by atoms with Gasteiger partial charge in [0.1, 0.15) is 11.4 Å². The minimum Gasteiger partial charge on any atom is -0.478 e. The lowest BCUT2D eigenvalue weighted by Crippen LogP contribution is -2.31. The summed E-state index contributed by atoms with van der Waals surface area (Å²) in [5.74, 6) is -1.93. The molecule has 4 N–H and O–H groups in total. The molecule has 2 rings (SSSR count). The maximum atomic E-state index is 13.3. The summed E-state index contributed by atoms with van der Waals surface area (Å²) >= 11 is 0. The lowest BCUT2D eigenvalue weighted by molar-refractivity contribution is 0.0698. The van der Waals surface area contributed by atoms with Crippen molar-refractivity contribution in [2.24, 2.45) is 0 Å². The van der Waals surface area contributed by atoms with E-state index in [1.807, 2.05) is 0 Å². The number of anilines is 2. The molecule has 1 aliphatic carbocycles. The van der Waals surface area contributed by atoms with Gasteiger partial charge in [-0.3, -0.25) is 4.90 Å². The Morgan fingerprint density at radius 1 is 1.55 bits per heavy atom. The lowest BCUT2D eigenvalue weighted by atomic mass is 10.1. The topological polar surface area (TPSA) is 78.6 Å². The van der Waals surface area contributed by atoms with E-state index in [-0.39, 0.29) is 11.3 Å². The quantitative estimate of drug-likeness (QED) is 0.666. The van der Waals surface area contributed by atoms with Crippen LogP contribution in [0.25, 0.3) is 0 Å². The molecule has 0 aromatic heterocycles. The van der Waals surface area contributed by atoms with E-state index in [2.05, 4.69) is 17.1 Å². The molecule has 1 aliphatic rings. The van der Waals surface area contributed by atoms with Crippen molar-refractivity contribution in [2.75, 3.05) is 30.7 Å². The number of carboxylic acids is 1. The number of nitrogens with one attached hydrogen (secondary N) is 1. The number of benzene rings is 1. The zero-order valence-corrected chi connectivity index (χ0v) is 11.5. The van der Waals surface area contributed by atoms with E-state index < -0.39 is 11.8 Å². The zero-order valence-electron chi connectivity index (χ0n) is 11.5. The number of carboxylic acid groups (broad SMARTS) is 1. The van der Waals surface area contributed by atoms with Crippen LogP contribution in [-0.2, 0) is 0 Å². The first-order chi connectivity index (χ1) is 9.54. The number of likely N-dealkylation sites (N-methyl/N-ethyl adjacent to an activating group) is 1. The molecule has 5 nitrogen and oxygen atoms in total. The molecule has 0 aliphatic heterocycles. The molecule has 110 valence electrons. The van der Waals surface area contributed by atoms with Crippen LogP contribution in [-0.4, -0.2) is 41.7 Å². The maximum Gasteiger partial charge on any atom is 0.340 e. The third kappa shape index (κ3) is 3.19. The van der Waals surface area contributed by atoms with Gasteiger partial charge in [0.05, 0.1) is 11.4 Å². The molecular weight excluding hydrogens is 261 g/mol. The van der Waals surface area contributed by atoms with Crippen LogP contribution in [0.4, 0.5) is 15.8 Å². The average Bonchev–Trinajstić information content (AvgIpc) is 3.22. The first kappa shape index (κ1) is 14.6. The predicted molar refractivity (Wildman–Crippen MR) is 76.5 cm³/mol. The van der Waals surface area contributed by atoms with Crippen LogP contribution in [0.2, 0.25) is 0 Å². The fraction of sp³-hybridized carbons (Fsp3) is 0.500. The minimum absolute atomic E-state index is 0.195. The van der Waals surface area contributed by atoms with E-state index in [0.29, 0.717) is 18.3 Å². The molecule has 1 saturated carbocycles. The first-order valence-electron chi connectivity index (χ1n) is 6.83. The number of carbonyl (C=O) groups is 1. The highest BCUT2D eigenvalue weighted by atomic mass is 19.1. The van der Waals surface area contributed by atoms with Crippen LogP contribution in [0.3, 0.4) is 0 Å². The molecule has 0 radical (unpaired) electrons. The second kappa shape index (κ2) is 6.09. The highest BCUT2D eigenvalue weighted by molar-refractivity contribution is 6.00. The Balaban J connectivity index is 2.01. The van der Waals surface area contributed by atoms with Gasteiger partial charge in [-0.15, -0.1) is 0 Å². The average molecular weight is 281 g/mol. The Kier molecular flexibility index (Phi) is 4.44. The summed E-state index contributed by atoms with van der Waals surface area (Å²) in [6, 6.07) is 3.27. The molecule has 0 amide bonds. The number of halogens is 1. The Bertz CT molecular complexity index is 503. The Hall–Kier alpha value is -1.82. The van der Waals surface area contributed by atoms with Crippen LogP contribution in [0.15, 0.2) is 12.1 Å². The highest BCUT2D eigenvalue weighted by Gasteiger charge is 2.27. The number of nitrogen functional groups attached to an aromatic ring is 1. The number of hydrogen-bond donors (Lipinski definition) is 3. The van der Waals surface area contributed by atoms with E-state index in [0.717, 1.165) is 13.1 Å². The van der Waals surface area contributed by atoms with Crippen molar-refractivity contribution in [1.29, 1.82) is 0 Å². The molecule has 6 heteroatoms. The maximum absolute atomic E-state index is 13.3. The summed E-state index contributed by atoms with van der Waals surface area (Å²) in [5, 5.41) is 12.2. The summed E-state index contributed by atoms with van der Waals surface area (Å²) in [7, 11) is 0. The molecule has 0 unspecified atom stereocenters. The van der Waals surface area contributed by atoms with Gasteiger partial charge in [-0.1, -0.05) is 6.92 Å². The summed E-state index contributed by atoms with van der Waals surface area (Å²) < 4.78 is 13.3. The van der Waals surface area contributed by atoms with Crippen molar-refractivity contribution in [3.8, 4) is 0 Å². The Morgan fingerprint density at radius 2 is 2.25 bits per heavy atom. The van der Waals surface area contributed by atoms with Gasteiger partial charge in [0.15, 0.2) is 0 Å². The van der Waals surface area contributed by atoms with Gasteiger partial charge < -0.3 is 16.2 Å². The molecule has 20 heavy (non-hydrogen) atoms. The second-order valence-corrected chi connectivity index (χ2v) is 4.98. The van der Waals surface area contributed by atoms with Crippen molar-refractivity contribution in [3.05, 3.63) is 23.5 Å². The number of aromatic carboxylic acids is 1. The van der Waals surface area contributed by atoms with Gasteiger partial charge in [0.2, 0.25) is 0 Å². The third-order valence-corrected chi connectivity index (χ3v) is 3.59. The Morgan fingerprint density at radius 3 is 2.80 bits per heavy atom. The molecule has 1 aromatic rings. The van der Waals surface area contributed by atoms with E-state index in [1.165, 1.54) is 25.0 Å². The molecular formula is C14H20FN3O2. The largest absolute Gasteiger partial charge is 0.478 e. The molecule has 0 spiro atoms. The van der Waals surface area contributed by atoms with Crippen LogP contribution in [0, 0.1) is 5.82 Å². The standard InChI is InChI=1S/C14H20FN3O2/c1-2-18(9-3-4-9)8-7-17-11-6-5-10(15)13(16)12(11)14(19)20/h5-6,9,17H,2-4,7-8,16H2,1H3,(H,19,20). The third-order valence-electron chi connectivity index (χ3n) is 3.59. The minimum atomic E-state index is -1.22. The van der Waals surface area contributed by atoms with E-state index in [1.54, 1.807) is 0 Å². The van der Waals surface area contributed by atoms with E-state index in [4.69, 9.17) is 10.8 Å². The first-order valence-corrected chi connectivity index (χ1v) is 6.83. The van der Waals surface area contributed by atoms with Gasteiger partial charge in [-0.2, -0.15) is 0 Å². The number of nitrogens with two attached hydrogens (primary N) is 1. The SMILES string of the molecule is CCN(CCNc1ccc(F)c(N)c1C(=O)O)C1CC1. The summed E-state index contributed by atoms with van der Waals surface area (Å²) in [5.41, 5.74) is 5.34. The summed E-state index contributed by atoms with van der Waals surface area (Å²) in [6.07, 6.45) is 2.47. The normalized spacial score (nSPS) is 14.6. The number of rotatable bonds is 7. The number of nitrogens with zero attached hydrogens (tertiary/aromatic N) is 1. The molecule has 0 bridgehead atoms. The van der Waals surface area contributed by atoms with Gasteiger partial charge in [-0.25, -0.2) is 9.18 Å². The second-order valence-electron chi connectivity index (χ2n) is 4.98. The van der Waals surface area contributed by atoms with Gasteiger partial charge in [0, 0.05) is 19.1 Å². The van der Waals surface area contributed by atoms with Crippen LogP contribution in [0.1, 0.15) is 30.1 Å².